The standard InChI is InChI=1S/C22H33N3O2/c1-22(2,3)13-20(26)24-19-6-4-16(5-7-19)12-21(27)25-10-8-17-14-23-15-18(17)9-11-25/h4-7,17-18,23H,8-15H2,1-3H3,(H,24,26)/t17-,18+. The van der Waals surface area contributed by atoms with Gasteiger partial charge in [0.05, 0.1) is 6.42 Å². The second-order valence-corrected chi connectivity index (χ2v) is 9.30. The van der Waals surface area contributed by atoms with Crippen LogP contribution in [0.5, 0.6) is 0 Å². The average molecular weight is 372 g/mol. The number of carbonyl (C=O) groups is 2. The Bertz CT molecular complexity index is 649. The van der Waals surface area contributed by atoms with Crippen LogP contribution in [-0.4, -0.2) is 42.9 Å². The Kier molecular flexibility index (Phi) is 6.20. The molecule has 5 nitrogen and oxygen atoms in total. The Labute approximate surface area is 162 Å². The smallest absolute Gasteiger partial charge is 0.226 e. The van der Waals surface area contributed by atoms with Crippen molar-refractivity contribution in [3.8, 4) is 0 Å². The molecule has 0 saturated carbocycles. The van der Waals surface area contributed by atoms with Gasteiger partial charge in [0.25, 0.3) is 0 Å². The molecule has 5 heteroatoms. The highest BCUT2D eigenvalue weighted by Crippen LogP contribution is 2.27. The molecule has 2 aliphatic heterocycles. The number of fused-ring (bicyclic) bond motifs is 1. The van der Waals surface area contributed by atoms with E-state index in [-0.39, 0.29) is 17.2 Å². The molecule has 0 bridgehead atoms. The Morgan fingerprint density at radius 3 is 2.22 bits per heavy atom. The van der Waals surface area contributed by atoms with Gasteiger partial charge in [-0.15, -0.1) is 0 Å². The van der Waals surface area contributed by atoms with Crippen molar-refractivity contribution >= 4 is 17.5 Å². The third kappa shape index (κ3) is 5.80. The van der Waals surface area contributed by atoms with Crippen LogP contribution in [0.1, 0.15) is 45.6 Å². The third-order valence-electron chi connectivity index (χ3n) is 5.66. The molecule has 0 spiro atoms. The first kappa shape index (κ1) is 19.9. The lowest BCUT2D eigenvalue weighted by Gasteiger charge is -2.21. The van der Waals surface area contributed by atoms with Crippen molar-refractivity contribution < 1.29 is 9.59 Å². The molecule has 1 aromatic carbocycles. The van der Waals surface area contributed by atoms with Crippen LogP contribution in [0.25, 0.3) is 0 Å². The van der Waals surface area contributed by atoms with Crippen LogP contribution >= 0.6 is 0 Å². The SMILES string of the molecule is CC(C)(C)CC(=O)Nc1ccc(CC(=O)N2CC[C@@H]3CNC[C@@H]3CC2)cc1. The van der Waals surface area contributed by atoms with Gasteiger partial charge in [-0.1, -0.05) is 32.9 Å². The number of anilines is 1. The number of nitrogens with zero attached hydrogens (tertiary/aromatic N) is 1. The molecule has 2 fully saturated rings. The van der Waals surface area contributed by atoms with Gasteiger partial charge in [0, 0.05) is 25.2 Å². The van der Waals surface area contributed by atoms with E-state index in [9.17, 15) is 9.59 Å². The zero-order chi connectivity index (χ0) is 19.4. The molecule has 148 valence electrons. The third-order valence-corrected chi connectivity index (χ3v) is 5.66. The largest absolute Gasteiger partial charge is 0.342 e. The Balaban J connectivity index is 1.50. The van der Waals surface area contributed by atoms with Crippen LogP contribution in [0, 0.1) is 17.3 Å². The number of hydrogen-bond acceptors (Lipinski definition) is 3. The summed E-state index contributed by atoms with van der Waals surface area (Å²) in [5, 5.41) is 6.41. The molecular weight excluding hydrogens is 338 g/mol. The molecule has 2 heterocycles. The second-order valence-electron chi connectivity index (χ2n) is 9.30. The average Bonchev–Trinajstić information content (AvgIpc) is 2.93. The molecule has 2 amide bonds. The summed E-state index contributed by atoms with van der Waals surface area (Å²) >= 11 is 0. The zero-order valence-corrected chi connectivity index (χ0v) is 16.9. The topological polar surface area (TPSA) is 61.4 Å². The lowest BCUT2D eigenvalue weighted by Crippen LogP contribution is -2.33. The molecule has 2 saturated heterocycles. The number of likely N-dealkylation sites (tertiary alicyclic amines) is 1. The summed E-state index contributed by atoms with van der Waals surface area (Å²) in [5.74, 6) is 1.71. The fourth-order valence-corrected chi connectivity index (χ4v) is 4.15. The molecule has 1 aromatic rings. The van der Waals surface area contributed by atoms with Crippen molar-refractivity contribution in [1.29, 1.82) is 0 Å². The van der Waals surface area contributed by atoms with Crippen molar-refractivity contribution in [2.45, 2.75) is 46.5 Å². The maximum Gasteiger partial charge on any atom is 0.226 e. The Hall–Kier alpha value is -1.88. The summed E-state index contributed by atoms with van der Waals surface area (Å²) in [4.78, 5) is 26.8. The van der Waals surface area contributed by atoms with Gasteiger partial charge < -0.3 is 15.5 Å². The van der Waals surface area contributed by atoms with Gasteiger partial charge in [0.2, 0.25) is 11.8 Å². The molecule has 2 N–H and O–H groups in total. The Morgan fingerprint density at radius 1 is 1.07 bits per heavy atom. The summed E-state index contributed by atoms with van der Waals surface area (Å²) in [5.41, 5.74) is 1.76. The summed E-state index contributed by atoms with van der Waals surface area (Å²) in [6, 6.07) is 7.67. The maximum atomic E-state index is 12.7. The predicted octanol–water partition coefficient (Wildman–Crippen LogP) is 3.06. The number of rotatable bonds is 4. The number of benzene rings is 1. The molecule has 0 unspecified atom stereocenters. The summed E-state index contributed by atoms with van der Waals surface area (Å²) < 4.78 is 0. The quantitative estimate of drug-likeness (QED) is 0.855. The predicted molar refractivity (Wildman–Crippen MR) is 109 cm³/mol. The van der Waals surface area contributed by atoms with E-state index in [4.69, 9.17) is 0 Å². The van der Waals surface area contributed by atoms with Crippen molar-refractivity contribution in [2.24, 2.45) is 17.3 Å². The van der Waals surface area contributed by atoms with E-state index in [0.29, 0.717) is 12.8 Å². The normalized spacial score (nSPS) is 22.9. The molecule has 3 rings (SSSR count). The zero-order valence-electron chi connectivity index (χ0n) is 16.9. The highest BCUT2D eigenvalue weighted by atomic mass is 16.2. The Morgan fingerprint density at radius 2 is 1.67 bits per heavy atom. The van der Waals surface area contributed by atoms with Crippen molar-refractivity contribution in [2.75, 3.05) is 31.5 Å². The van der Waals surface area contributed by atoms with Gasteiger partial charge in [0.15, 0.2) is 0 Å². The summed E-state index contributed by atoms with van der Waals surface area (Å²) in [6.07, 6.45) is 3.15. The van der Waals surface area contributed by atoms with Gasteiger partial charge in [-0.25, -0.2) is 0 Å². The van der Waals surface area contributed by atoms with Crippen LogP contribution in [0.15, 0.2) is 24.3 Å². The number of nitrogens with one attached hydrogen (secondary N) is 2. The minimum Gasteiger partial charge on any atom is -0.342 e. The molecule has 2 aliphatic rings. The van der Waals surface area contributed by atoms with E-state index in [1.165, 1.54) is 0 Å². The molecular formula is C22H33N3O2. The van der Waals surface area contributed by atoms with Gasteiger partial charge in [0.1, 0.15) is 0 Å². The van der Waals surface area contributed by atoms with E-state index in [1.807, 2.05) is 49.9 Å². The molecule has 0 aliphatic carbocycles. The van der Waals surface area contributed by atoms with Crippen LogP contribution < -0.4 is 10.6 Å². The molecule has 0 radical (unpaired) electrons. The molecule has 2 atom stereocenters. The van der Waals surface area contributed by atoms with Gasteiger partial charge in [-0.2, -0.15) is 0 Å². The maximum absolute atomic E-state index is 12.7. The summed E-state index contributed by atoms with van der Waals surface area (Å²) in [6.45, 7) is 10.1. The number of carbonyl (C=O) groups excluding carboxylic acids is 2. The van der Waals surface area contributed by atoms with Crippen LogP contribution in [0.2, 0.25) is 0 Å². The number of hydrogen-bond donors (Lipinski definition) is 2. The fraction of sp³-hybridized carbons (Fsp3) is 0.636. The lowest BCUT2D eigenvalue weighted by atomic mass is 9.92. The van der Waals surface area contributed by atoms with Crippen LogP contribution in [-0.2, 0) is 16.0 Å². The first-order chi connectivity index (χ1) is 12.8. The monoisotopic (exact) mass is 371 g/mol. The second kappa shape index (κ2) is 8.42. The minimum absolute atomic E-state index is 0.0240. The minimum atomic E-state index is -0.0296. The first-order valence-corrected chi connectivity index (χ1v) is 10.2. The van der Waals surface area contributed by atoms with Gasteiger partial charge in [-0.3, -0.25) is 9.59 Å². The van der Waals surface area contributed by atoms with Crippen LogP contribution in [0.3, 0.4) is 0 Å². The van der Waals surface area contributed by atoms with E-state index in [1.54, 1.807) is 0 Å². The number of amides is 2. The van der Waals surface area contributed by atoms with Crippen molar-refractivity contribution in [3.63, 3.8) is 0 Å². The molecule has 27 heavy (non-hydrogen) atoms. The van der Waals surface area contributed by atoms with E-state index < -0.39 is 0 Å². The summed E-state index contributed by atoms with van der Waals surface area (Å²) in [7, 11) is 0. The van der Waals surface area contributed by atoms with E-state index in [0.717, 1.165) is 62.1 Å². The van der Waals surface area contributed by atoms with Crippen molar-refractivity contribution in [1.82, 2.24) is 10.2 Å². The highest BCUT2D eigenvalue weighted by molar-refractivity contribution is 5.91. The van der Waals surface area contributed by atoms with E-state index in [2.05, 4.69) is 10.6 Å². The lowest BCUT2D eigenvalue weighted by molar-refractivity contribution is -0.130. The first-order valence-electron chi connectivity index (χ1n) is 10.2. The van der Waals surface area contributed by atoms with E-state index >= 15 is 0 Å². The van der Waals surface area contributed by atoms with Crippen LogP contribution in [0.4, 0.5) is 5.69 Å². The van der Waals surface area contributed by atoms with Gasteiger partial charge >= 0.3 is 0 Å². The fourth-order valence-electron chi connectivity index (χ4n) is 4.15. The van der Waals surface area contributed by atoms with Crippen molar-refractivity contribution in [3.05, 3.63) is 29.8 Å². The highest BCUT2D eigenvalue weighted by Gasteiger charge is 2.31. The molecule has 0 aromatic heterocycles. The van der Waals surface area contributed by atoms with Gasteiger partial charge in [-0.05, 0) is 60.9 Å².